The highest BCUT2D eigenvalue weighted by atomic mass is 28.4. The Morgan fingerprint density at radius 2 is 1.77 bits per heavy atom. The van der Waals surface area contributed by atoms with Crippen molar-refractivity contribution in [1.29, 1.82) is 0 Å². The molecule has 0 spiro atoms. The van der Waals surface area contributed by atoms with E-state index in [1.807, 2.05) is 6.92 Å². The Bertz CT molecular complexity index is 165. The maximum Gasteiger partial charge on any atom is 0.191 e. The first-order chi connectivity index (χ1) is 5.81. The molecule has 0 aliphatic carbocycles. The van der Waals surface area contributed by atoms with E-state index >= 15 is 0 Å². The Balaban J connectivity index is 3.90. The molecule has 0 rings (SSSR count). The van der Waals surface area contributed by atoms with Gasteiger partial charge in [-0.2, -0.15) is 0 Å². The molecule has 0 unspecified atom stereocenters. The van der Waals surface area contributed by atoms with Crippen LogP contribution in [0.15, 0.2) is 12.2 Å². The molecule has 0 aromatic rings. The van der Waals surface area contributed by atoms with E-state index in [1.54, 1.807) is 0 Å². The summed E-state index contributed by atoms with van der Waals surface area (Å²) in [6, 6.07) is 0. The summed E-state index contributed by atoms with van der Waals surface area (Å²) in [5.74, 6) is 0. The fourth-order valence-electron chi connectivity index (χ4n) is 0.765. The summed E-state index contributed by atoms with van der Waals surface area (Å²) in [6.45, 7) is 14.3. The van der Waals surface area contributed by atoms with Crippen molar-refractivity contribution >= 4 is 8.32 Å². The summed E-state index contributed by atoms with van der Waals surface area (Å²) in [6.07, 6.45) is 5.28. The van der Waals surface area contributed by atoms with Gasteiger partial charge in [0.25, 0.3) is 0 Å². The summed E-state index contributed by atoms with van der Waals surface area (Å²) in [4.78, 5) is 0. The molecule has 0 saturated carbocycles. The average molecular weight is 200 g/mol. The van der Waals surface area contributed by atoms with Gasteiger partial charge in [-0.05, 0) is 31.5 Å². The van der Waals surface area contributed by atoms with Crippen LogP contribution < -0.4 is 0 Å². The Morgan fingerprint density at radius 1 is 1.23 bits per heavy atom. The van der Waals surface area contributed by atoms with E-state index in [9.17, 15) is 0 Å². The predicted octanol–water partition coefficient (Wildman–Crippen LogP) is 3.97. The van der Waals surface area contributed by atoms with Crippen molar-refractivity contribution in [2.24, 2.45) is 0 Å². The van der Waals surface area contributed by atoms with Crippen LogP contribution in [-0.2, 0) is 4.43 Å². The molecule has 0 aromatic heterocycles. The number of hydrogen-bond acceptors (Lipinski definition) is 1. The van der Waals surface area contributed by atoms with Gasteiger partial charge in [0.05, 0.1) is 0 Å². The SMILES string of the molecule is CC=CCCO[Si](C)(C)C(C)(C)C. The molecule has 0 atom stereocenters. The fraction of sp³-hybridized carbons (Fsp3) is 0.818. The van der Waals surface area contributed by atoms with Crippen LogP contribution in [0.25, 0.3) is 0 Å². The van der Waals surface area contributed by atoms with Crippen LogP contribution >= 0.6 is 0 Å². The van der Waals surface area contributed by atoms with Crippen LogP contribution in [0.5, 0.6) is 0 Å². The van der Waals surface area contributed by atoms with Crippen LogP contribution in [-0.4, -0.2) is 14.9 Å². The van der Waals surface area contributed by atoms with Gasteiger partial charge >= 0.3 is 0 Å². The van der Waals surface area contributed by atoms with E-state index in [1.165, 1.54) is 0 Å². The van der Waals surface area contributed by atoms with Gasteiger partial charge in [0.15, 0.2) is 8.32 Å². The summed E-state index contributed by atoms with van der Waals surface area (Å²) in [5, 5.41) is 0.336. The monoisotopic (exact) mass is 200 g/mol. The van der Waals surface area contributed by atoms with E-state index in [0.717, 1.165) is 13.0 Å². The van der Waals surface area contributed by atoms with Gasteiger partial charge in [-0.1, -0.05) is 32.9 Å². The second-order valence-electron chi connectivity index (χ2n) is 4.97. The fourth-order valence-corrected chi connectivity index (χ4v) is 1.83. The van der Waals surface area contributed by atoms with Crippen molar-refractivity contribution in [2.75, 3.05) is 6.61 Å². The molecule has 0 saturated heterocycles. The zero-order chi connectivity index (χ0) is 10.5. The molecular formula is C11H24OSi. The van der Waals surface area contributed by atoms with Gasteiger partial charge in [0.2, 0.25) is 0 Å². The number of rotatable bonds is 4. The summed E-state index contributed by atoms with van der Waals surface area (Å²) >= 11 is 0. The lowest BCUT2D eigenvalue weighted by atomic mass is 10.2. The predicted molar refractivity (Wildman–Crippen MR) is 62.6 cm³/mol. The van der Waals surface area contributed by atoms with Gasteiger partial charge in [0, 0.05) is 6.61 Å². The van der Waals surface area contributed by atoms with Crippen molar-refractivity contribution in [3.05, 3.63) is 12.2 Å². The molecule has 0 radical (unpaired) electrons. The van der Waals surface area contributed by atoms with E-state index in [2.05, 4.69) is 46.0 Å². The number of hydrogen-bond donors (Lipinski definition) is 0. The lowest BCUT2D eigenvalue weighted by Crippen LogP contribution is -2.40. The Morgan fingerprint density at radius 3 is 2.15 bits per heavy atom. The molecule has 78 valence electrons. The summed E-state index contributed by atoms with van der Waals surface area (Å²) in [7, 11) is -1.49. The van der Waals surface area contributed by atoms with Gasteiger partial charge in [-0.3, -0.25) is 0 Å². The molecule has 0 fully saturated rings. The second kappa shape index (κ2) is 4.96. The third-order valence-electron chi connectivity index (χ3n) is 2.79. The highest BCUT2D eigenvalue weighted by Crippen LogP contribution is 2.36. The Labute approximate surface area is 84.3 Å². The largest absolute Gasteiger partial charge is 0.417 e. The summed E-state index contributed by atoms with van der Waals surface area (Å²) < 4.78 is 5.98. The smallest absolute Gasteiger partial charge is 0.191 e. The maximum absolute atomic E-state index is 5.98. The first-order valence-electron chi connectivity index (χ1n) is 5.06. The van der Waals surface area contributed by atoms with E-state index < -0.39 is 8.32 Å². The first kappa shape index (κ1) is 12.9. The zero-order valence-electron chi connectivity index (χ0n) is 9.98. The van der Waals surface area contributed by atoms with Gasteiger partial charge < -0.3 is 4.43 Å². The van der Waals surface area contributed by atoms with Crippen molar-refractivity contribution < 1.29 is 4.43 Å². The van der Waals surface area contributed by atoms with E-state index in [0.29, 0.717) is 5.04 Å². The molecule has 0 aliphatic rings. The average Bonchev–Trinajstić information content (AvgIpc) is 1.96. The molecule has 0 heterocycles. The highest BCUT2D eigenvalue weighted by molar-refractivity contribution is 6.74. The minimum atomic E-state index is -1.49. The standard InChI is InChI=1S/C11H24OSi/c1-7-8-9-10-12-13(5,6)11(2,3)4/h7-8H,9-10H2,1-6H3. The van der Waals surface area contributed by atoms with Crippen LogP contribution in [0.2, 0.25) is 18.1 Å². The normalized spacial score (nSPS) is 14.0. The molecule has 2 heteroatoms. The Kier molecular flexibility index (Phi) is 4.93. The molecule has 13 heavy (non-hydrogen) atoms. The zero-order valence-corrected chi connectivity index (χ0v) is 11.0. The Hall–Kier alpha value is -0.0831. The van der Waals surface area contributed by atoms with Crippen LogP contribution in [0.4, 0.5) is 0 Å². The molecule has 0 amide bonds. The van der Waals surface area contributed by atoms with E-state index in [-0.39, 0.29) is 0 Å². The van der Waals surface area contributed by atoms with Crippen molar-refractivity contribution in [3.8, 4) is 0 Å². The minimum absolute atomic E-state index is 0.336. The van der Waals surface area contributed by atoms with Crippen molar-refractivity contribution in [3.63, 3.8) is 0 Å². The number of allylic oxidation sites excluding steroid dienone is 1. The first-order valence-corrected chi connectivity index (χ1v) is 7.97. The lowest BCUT2D eigenvalue weighted by molar-refractivity contribution is 0.294. The maximum atomic E-state index is 5.98. The lowest BCUT2D eigenvalue weighted by Gasteiger charge is -2.36. The topological polar surface area (TPSA) is 9.23 Å². The molecule has 0 bridgehead atoms. The summed E-state index contributed by atoms with van der Waals surface area (Å²) in [5.41, 5.74) is 0. The third-order valence-corrected chi connectivity index (χ3v) is 7.33. The van der Waals surface area contributed by atoms with Gasteiger partial charge in [-0.15, -0.1) is 0 Å². The van der Waals surface area contributed by atoms with Crippen LogP contribution in [0, 0.1) is 0 Å². The molecular weight excluding hydrogens is 176 g/mol. The van der Waals surface area contributed by atoms with Crippen LogP contribution in [0.1, 0.15) is 34.1 Å². The molecule has 0 aromatic carbocycles. The quantitative estimate of drug-likeness (QED) is 0.379. The third kappa shape index (κ3) is 4.63. The second-order valence-corrected chi connectivity index (χ2v) is 9.78. The molecule has 1 nitrogen and oxygen atoms in total. The minimum Gasteiger partial charge on any atom is -0.417 e. The van der Waals surface area contributed by atoms with Crippen molar-refractivity contribution in [2.45, 2.75) is 52.2 Å². The molecule has 0 aliphatic heterocycles. The van der Waals surface area contributed by atoms with E-state index in [4.69, 9.17) is 4.43 Å². The highest BCUT2D eigenvalue weighted by Gasteiger charge is 2.36. The van der Waals surface area contributed by atoms with Crippen LogP contribution in [0.3, 0.4) is 0 Å². The van der Waals surface area contributed by atoms with Gasteiger partial charge in [0.1, 0.15) is 0 Å². The van der Waals surface area contributed by atoms with Crippen molar-refractivity contribution in [1.82, 2.24) is 0 Å². The molecule has 0 N–H and O–H groups in total. The van der Waals surface area contributed by atoms with Gasteiger partial charge in [-0.25, -0.2) is 0 Å².